The van der Waals surface area contributed by atoms with Crippen molar-refractivity contribution >= 4 is 33.7 Å². The molecular formula is C36H33N3O3. The van der Waals surface area contributed by atoms with Crippen LogP contribution in [0.4, 0.5) is 0 Å². The van der Waals surface area contributed by atoms with Gasteiger partial charge in [0.05, 0.1) is 6.61 Å². The molecule has 2 N–H and O–H groups in total. The lowest BCUT2D eigenvalue weighted by molar-refractivity contribution is -0.117. The summed E-state index contributed by atoms with van der Waals surface area (Å²) >= 11 is 0. The summed E-state index contributed by atoms with van der Waals surface area (Å²) < 4.78 is 12.4. The number of H-pyrrole nitrogens is 1. The van der Waals surface area contributed by atoms with Crippen LogP contribution in [0, 0.1) is 11.3 Å². The van der Waals surface area contributed by atoms with Crippen LogP contribution in [0.1, 0.15) is 29.2 Å². The number of ether oxygens (including phenoxy) is 2. The van der Waals surface area contributed by atoms with Gasteiger partial charge >= 0.3 is 0 Å². The van der Waals surface area contributed by atoms with Crippen LogP contribution in [0.2, 0.25) is 0 Å². The molecule has 0 saturated carbocycles. The minimum absolute atomic E-state index is 0.0188. The Bertz CT molecular complexity index is 1800. The van der Waals surface area contributed by atoms with Crippen molar-refractivity contribution in [2.24, 2.45) is 0 Å². The van der Waals surface area contributed by atoms with Gasteiger partial charge in [-0.3, -0.25) is 4.79 Å². The highest BCUT2D eigenvalue weighted by Gasteiger charge is 2.16. The molecule has 0 atom stereocenters. The van der Waals surface area contributed by atoms with Crippen LogP contribution < -0.4 is 14.8 Å². The Morgan fingerprint density at radius 3 is 2.57 bits per heavy atom. The van der Waals surface area contributed by atoms with E-state index < -0.39 is 5.91 Å². The molecule has 4 aromatic carbocycles. The second kappa shape index (κ2) is 13.4. The minimum Gasteiger partial charge on any atom is -0.490 e. The number of carbonyl (C=O) groups is 1. The maximum Gasteiger partial charge on any atom is 0.261 e. The number of rotatable bonds is 12. The van der Waals surface area contributed by atoms with E-state index in [4.69, 9.17) is 9.47 Å². The Balaban J connectivity index is 1.35. The van der Waals surface area contributed by atoms with Gasteiger partial charge in [-0.2, -0.15) is 5.26 Å². The van der Waals surface area contributed by atoms with E-state index in [-0.39, 0.29) is 5.57 Å². The highest BCUT2D eigenvalue weighted by atomic mass is 16.5. The Morgan fingerprint density at radius 2 is 1.76 bits per heavy atom. The van der Waals surface area contributed by atoms with Crippen molar-refractivity contribution < 1.29 is 14.3 Å². The van der Waals surface area contributed by atoms with E-state index >= 15 is 0 Å². The maximum atomic E-state index is 12.9. The molecule has 0 aliphatic heterocycles. The zero-order chi connectivity index (χ0) is 29.3. The van der Waals surface area contributed by atoms with Crippen molar-refractivity contribution in [2.45, 2.75) is 26.4 Å². The van der Waals surface area contributed by atoms with Gasteiger partial charge in [0.15, 0.2) is 11.5 Å². The summed E-state index contributed by atoms with van der Waals surface area (Å²) in [6.45, 7) is 7.03. The number of aromatic nitrogens is 1. The van der Waals surface area contributed by atoms with E-state index in [1.165, 1.54) is 0 Å². The lowest BCUT2D eigenvalue weighted by Gasteiger charge is -2.17. The number of aromatic amines is 1. The van der Waals surface area contributed by atoms with E-state index in [2.05, 4.69) is 53.3 Å². The summed E-state index contributed by atoms with van der Waals surface area (Å²) in [5, 5.41) is 16.1. The molecular weight excluding hydrogens is 522 g/mol. The molecule has 42 heavy (non-hydrogen) atoms. The fourth-order valence-corrected chi connectivity index (χ4v) is 5.13. The lowest BCUT2D eigenvalue weighted by Crippen LogP contribution is -2.26. The van der Waals surface area contributed by atoms with Crippen molar-refractivity contribution in [2.75, 3.05) is 13.2 Å². The van der Waals surface area contributed by atoms with Crippen LogP contribution in [-0.4, -0.2) is 24.0 Å². The predicted molar refractivity (Wildman–Crippen MR) is 168 cm³/mol. The number of para-hydroxylation sites is 1. The van der Waals surface area contributed by atoms with Crippen LogP contribution in [0.5, 0.6) is 11.5 Å². The molecule has 1 heterocycles. The summed E-state index contributed by atoms with van der Waals surface area (Å²) in [6, 6.07) is 28.2. The topological polar surface area (TPSA) is 87.1 Å². The summed E-state index contributed by atoms with van der Waals surface area (Å²) in [5.74, 6) is 0.765. The van der Waals surface area contributed by atoms with E-state index in [0.717, 1.165) is 38.4 Å². The largest absolute Gasteiger partial charge is 0.490 e. The number of carbonyl (C=O) groups excluding carboxylic acids is 1. The third-order valence-corrected chi connectivity index (χ3v) is 7.10. The summed E-state index contributed by atoms with van der Waals surface area (Å²) in [7, 11) is 0. The fraction of sp³-hybridized carbons (Fsp3) is 0.167. The molecule has 0 fully saturated rings. The average Bonchev–Trinajstić information content (AvgIpc) is 3.42. The van der Waals surface area contributed by atoms with Crippen molar-refractivity contribution in [1.29, 1.82) is 5.26 Å². The second-order valence-electron chi connectivity index (χ2n) is 9.90. The van der Waals surface area contributed by atoms with Gasteiger partial charge in [0, 0.05) is 29.2 Å². The number of nitriles is 1. The second-order valence-corrected chi connectivity index (χ2v) is 9.90. The number of hydrogen-bond donors (Lipinski definition) is 2. The van der Waals surface area contributed by atoms with Gasteiger partial charge in [-0.25, -0.2) is 0 Å². The number of nitrogens with zero attached hydrogens (tertiary/aromatic N) is 1. The van der Waals surface area contributed by atoms with Gasteiger partial charge in [-0.15, -0.1) is 6.58 Å². The first kappa shape index (κ1) is 28.3. The van der Waals surface area contributed by atoms with Crippen LogP contribution in [0.15, 0.2) is 103 Å². The minimum atomic E-state index is -0.420. The molecule has 6 nitrogen and oxygen atoms in total. The Hall–Kier alpha value is -5.28. The first-order chi connectivity index (χ1) is 20.6. The van der Waals surface area contributed by atoms with Crippen LogP contribution in [-0.2, 0) is 24.2 Å². The first-order valence-corrected chi connectivity index (χ1v) is 14.1. The third kappa shape index (κ3) is 6.37. The van der Waals surface area contributed by atoms with Gasteiger partial charge in [0.25, 0.3) is 5.91 Å². The molecule has 0 aliphatic rings. The lowest BCUT2D eigenvalue weighted by atomic mass is 10.0. The van der Waals surface area contributed by atoms with Crippen molar-refractivity contribution in [3.05, 3.63) is 126 Å². The summed E-state index contributed by atoms with van der Waals surface area (Å²) in [4.78, 5) is 16.2. The number of allylic oxidation sites excluding steroid dienone is 1. The fourth-order valence-electron chi connectivity index (χ4n) is 5.13. The standard InChI is InChI=1S/C36H33N3O3/c1-3-10-27-19-25(20-30(22-37)36(40)38-18-17-28-23-39-33-16-8-7-15-32(28)33)21-34(41-4-2)35(27)42-24-29-13-9-12-26-11-5-6-14-31(26)29/h3,5-9,11-16,19-21,23,39H,1,4,10,17-18,24H2,2H3,(H,38,40)/b30-20-. The first-order valence-electron chi connectivity index (χ1n) is 14.1. The molecule has 0 bridgehead atoms. The van der Waals surface area contributed by atoms with Crippen LogP contribution >= 0.6 is 0 Å². The van der Waals surface area contributed by atoms with E-state index in [9.17, 15) is 10.1 Å². The smallest absolute Gasteiger partial charge is 0.261 e. The average molecular weight is 556 g/mol. The molecule has 6 heteroatoms. The third-order valence-electron chi connectivity index (χ3n) is 7.10. The Morgan fingerprint density at radius 1 is 0.976 bits per heavy atom. The maximum absolute atomic E-state index is 12.9. The summed E-state index contributed by atoms with van der Waals surface area (Å²) in [5.41, 5.74) is 4.80. The number of nitrogens with one attached hydrogen (secondary N) is 2. The zero-order valence-corrected chi connectivity index (χ0v) is 23.7. The zero-order valence-electron chi connectivity index (χ0n) is 23.7. The van der Waals surface area contributed by atoms with E-state index in [1.54, 1.807) is 12.2 Å². The summed E-state index contributed by atoms with van der Waals surface area (Å²) in [6.07, 6.45) is 6.52. The van der Waals surface area contributed by atoms with Gasteiger partial charge < -0.3 is 19.8 Å². The molecule has 0 saturated heterocycles. The molecule has 0 radical (unpaired) electrons. The molecule has 0 aliphatic carbocycles. The van der Waals surface area contributed by atoms with Crippen LogP contribution in [0.25, 0.3) is 27.8 Å². The molecule has 0 spiro atoms. The number of hydrogen-bond acceptors (Lipinski definition) is 4. The quantitative estimate of drug-likeness (QED) is 0.0961. The van der Waals surface area contributed by atoms with Gasteiger partial charge in [0.2, 0.25) is 0 Å². The predicted octanol–water partition coefficient (Wildman–Crippen LogP) is 7.29. The monoisotopic (exact) mass is 555 g/mol. The number of benzene rings is 4. The number of fused-ring (bicyclic) bond motifs is 2. The normalized spacial score (nSPS) is 11.3. The molecule has 5 rings (SSSR count). The van der Waals surface area contributed by atoms with E-state index in [1.807, 2.05) is 61.7 Å². The van der Waals surface area contributed by atoms with Crippen molar-refractivity contribution in [3.8, 4) is 17.6 Å². The SMILES string of the molecule is C=CCc1cc(/C=C(/C#N)C(=O)NCCc2c[nH]c3ccccc23)cc(OCC)c1OCc1cccc2ccccc12. The van der Waals surface area contributed by atoms with Gasteiger partial charge in [0.1, 0.15) is 18.2 Å². The highest BCUT2D eigenvalue weighted by molar-refractivity contribution is 6.01. The highest BCUT2D eigenvalue weighted by Crippen LogP contribution is 2.36. The number of amides is 1. The van der Waals surface area contributed by atoms with Crippen molar-refractivity contribution in [3.63, 3.8) is 0 Å². The Kier molecular flexibility index (Phi) is 9.00. The Labute approximate surface area is 245 Å². The molecule has 210 valence electrons. The molecule has 1 aromatic heterocycles. The molecule has 1 amide bonds. The van der Waals surface area contributed by atoms with Crippen molar-refractivity contribution in [1.82, 2.24) is 10.3 Å². The van der Waals surface area contributed by atoms with E-state index in [0.29, 0.717) is 49.7 Å². The molecule has 0 unspecified atom stereocenters. The van der Waals surface area contributed by atoms with Gasteiger partial charge in [-0.05, 0) is 71.5 Å². The molecule has 5 aromatic rings. The van der Waals surface area contributed by atoms with Crippen LogP contribution in [0.3, 0.4) is 0 Å². The van der Waals surface area contributed by atoms with Gasteiger partial charge in [-0.1, -0.05) is 66.7 Å².